The van der Waals surface area contributed by atoms with Gasteiger partial charge < -0.3 is 5.11 Å². The maximum absolute atomic E-state index is 11.0. The van der Waals surface area contributed by atoms with Crippen molar-refractivity contribution in [3.05, 3.63) is 0 Å². The number of hydrazine groups is 1. The first-order chi connectivity index (χ1) is 7.60. The molecule has 16 heavy (non-hydrogen) atoms. The molecule has 0 aromatic rings. The SMILES string of the molecule is CC1CCN(C(C)CCC(=O)NN)C1CO. The zero-order valence-electron chi connectivity index (χ0n) is 10.1. The van der Waals surface area contributed by atoms with Gasteiger partial charge in [0.15, 0.2) is 0 Å². The summed E-state index contributed by atoms with van der Waals surface area (Å²) in [5.41, 5.74) is 2.14. The number of carbonyl (C=O) groups excluding carboxylic acids is 1. The Morgan fingerprint density at radius 2 is 2.38 bits per heavy atom. The van der Waals surface area contributed by atoms with Crippen molar-refractivity contribution >= 4 is 5.91 Å². The number of likely N-dealkylation sites (tertiary alicyclic amines) is 1. The Labute approximate surface area is 97.0 Å². The predicted octanol–water partition coefficient (Wildman–Crippen LogP) is -0.152. The summed E-state index contributed by atoms with van der Waals surface area (Å²) in [6.07, 6.45) is 2.35. The minimum atomic E-state index is -0.125. The molecule has 0 bridgehead atoms. The van der Waals surface area contributed by atoms with Gasteiger partial charge in [-0.25, -0.2) is 5.84 Å². The van der Waals surface area contributed by atoms with Gasteiger partial charge in [-0.3, -0.25) is 15.1 Å². The van der Waals surface area contributed by atoms with Gasteiger partial charge in [0.05, 0.1) is 6.61 Å². The summed E-state index contributed by atoms with van der Waals surface area (Å²) in [4.78, 5) is 13.3. The normalized spacial score (nSPS) is 28.0. The Morgan fingerprint density at radius 1 is 1.69 bits per heavy atom. The highest BCUT2D eigenvalue weighted by molar-refractivity contribution is 5.75. The van der Waals surface area contributed by atoms with Crippen LogP contribution in [0.4, 0.5) is 0 Å². The molecule has 0 spiro atoms. The van der Waals surface area contributed by atoms with E-state index in [-0.39, 0.29) is 18.6 Å². The van der Waals surface area contributed by atoms with Crippen LogP contribution in [0, 0.1) is 5.92 Å². The number of nitrogens with two attached hydrogens (primary N) is 1. The van der Waals surface area contributed by atoms with Gasteiger partial charge in [0, 0.05) is 18.5 Å². The lowest BCUT2D eigenvalue weighted by atomic mass is 10.0. The first-order valence-electron chi connectivity index (χ1n) is 5.96. The van der Waals surface area contributed by atoms with Crippen molar-refractivity contribution in [2.24, 2.45) is 11.8 Å². The van der Waals surface area contributed by atoms with E-state index in [0.29, 0.717) is 18.4 Å². The number of nitrogens with one attached hydrogen (secondary N) is 1. The third-order valence-corrected chi connectivity index (χ3v) is 3.63. The van der Waals surface area contributed by atoms with Crippen LogP contribution in [0.2, 0.25) is 0 Å². The van der Waals surface area contributed by atoms with Crippen LogP contribution in [-0.2, 0) is 4.79 Å². The van der Waals surface area contributed by atoms with Gasteiger partial charge in [-0.2, -0.15) is 0 Å². The summed E-state index contributed by atoms with van der Waals surface area (Å²) in [5.74, 6) is 5.45. The van der Waals surface area contributed by atoms with Crippen LogP contribution in [0.15, 0.2) is 0 Å². The fourth-order valence-corrected chi connectivity index (χ4v) is 2.45. The Morgan fingerprint density at radius 3 is 2.94 bits per heavy atom. The van der Waals surface area contributed by atoms with Gasteiger partial charge in [-0.05, 0) is 32.2 Å². The standard InChI is InChI=1S/C11H23N3O2/c1-8-5-6-14(10(8)7-15)9(2)3-4-11(16)13-12/h8-10,15H,3-7,12H2,1-2H3,(H,13,16). The molecule has 3 atom stereocenters. The second-order valence-corrected chi connectivity index (χ2v) is 4.71. The molecule has 1 heterocycles. The summed E-state index contributed by atoms with van der Waals surface area (Å²) >= 11 is 0. The fraction of sp³-hybridized carbons (Fsp3) is 0.909. The summed E-state index contributed by atoms with van der Waals surface area (Å²) in [5, 5.41) is 9.34. The predicted molar refractivity (Wildman–Crippen MR) is 62.4 cm³/mol. The molecule has 0 aliphatic carbocycles. The molecule has 0 radical (unpaired) electrons. The van der Waals surface area contributed by atoms with Crippen LogP contribution in [0.5, 0.6) is 0 Å². The third-order valence-electron chi connectivity index (χ3n) is 3.63. The van der Waals surface area contributed by atoms with Crippen LogP contribution in [-0.4, -0.2) is 41.1 Å². The zero-order chi connectivity index (χ0) is 12.1. The number of hydrogen-bond acceptors (Lipinski definition) is 4. The van der Waals surface area contributed by atoms with E-state index in [1.165, 1.54) is 0 Å². The number of carbonyl (C=O) groups is 1. The Hall–Kier alpha value is -0.650. The topological polar surface area (TPSA) is 78.6 Å². The van der Waals surface area contributed by atoms with E-state index in [4.69, 9.17) is 5.84 Å². The highest BCUT2D eigenvalue weighted by Gasteiger charge is 2.33. The number of aliphatic hydroxyl groups excluding tert-OH is 1. The van der Waals surface area contributed by atoms with Gasteiger partial charge in [0.25, 0.3) is 0 Å². The second kappa shape index (κ2) is 6.18. The van der Waals surface area contributed by atoms with Crippen molar-refractivity contribution in [1.29, 1.82) is 0 Å². The molecule has 94 valence electrons. The largest absolute Gasteiger partial charge is 0.395 e. The molecule has 1 aliphatic heterocycles. The molecule has 5 nitrogen and oxygen atoms in total. The minimum Gasteiger partial charge on any atom is -0.395 e. The van der Waals surface area contributed by atoms with Gasteiger partial charge in [0.2, 0.25) is 5.91 Å². The molecule has 4 N–H and O–H groups in total. The van der Waals surface area contributed by atoms with Gasteiger partial charge in [0.1, 0.15) is 0 Å². The number of aliphatic hydroxyl groups is 1. The third kappa shape index (κ3) is 3.17. The van der Waals surface area contributed by atoms with Crippen molar-refractivity contribution < 1.29 is 9.90 Å². The summed E-state index contributed by atoms with van der Waals surface area (Å²) in [7, 11) is 0. The van der Waals surface area contributed by atoms with Gasteiger partial charge >= 0.3 is 0 Å². The molecule has 1 aliphatic rings. The second-order valence-electron chi connectivity index (χ2n) is 4.71. The van der Waals surface area contributed by atoms with E-state index < -0.39 is 0 Å². The lowest BCUT2D eigenvalue weighted by Gasteiger charge is -2.31. The smallest absolute Gasteiger partial charge is 0.233 e. The quantitative estimate of drug-likeness (QED) is 0.348. The fourth-order valence-electron chi connectivity index (χ4n) is 2.45. The molecule has 3 unspecified atom stereocenters. The molecule has 1 amide bonds. The van der Waals surface area contributed by atoms with E-state index in [2.05, 4.69) is 24.2 Å². The van der Waals surface area contributed by atoms with Crippen LogP contribution >= 0.6 is 0 Å². The average molecular weight is 229 g/mol. The van der Waals surface area contributed by atoms with Crippen molar-refractivity contribution in [2.45, 2.75) is 45.2 Å². The maximum atomic E-state index is 11.0. The maximum Gasteiger partial charge on any atom is 0.233 e. The molecule has 1 saturated heterocycles. The molecule has 0 aromatic carbocycles. The molecule has 5 heteroatoms. The van der Waals surface area contributed by atoms with Gasteiger partial charge in [-0.15, -0.1) is 0 Å². The molecular formula is C11H23N3O2. The molecule has 0 aromatic heterocycles. The molecule has 0 saturated carbocycles. The first kappa shape index (κ1) is 13.4. The Bertz CT molecular complexity index is 235. The minimum absolute atomic E-state index is 0.125. The average Bonchev–Trinajstić information content (AvgIpc) is 2.66. The van der Waals surface area contributed by atoms with E-state index in [1.54, 1.807) is 0 Å². The van der Waals surface area contributed by atoms with E-state index in [9.17, 15) is 9.90 Å². The molecular weight excluding hydrogens is 206 g/mol. The van der Waals surface area contributed by atoms with Crippen LogP contribution in [0.3, 0.4) is 0 Å². The van der Waals surface area contributed by atoms with E-state index in [1.807, 2.05) is 0 Å². The first-order valence-corrected chi connectivity index (χ1v) is 5.96. The van der Waals surface area contributed by atoms with Gasteiger partial charge in [-0.1, -0.05) is 6.92 Å². The zero-order valence-corrected chi connectivity index (χ0v) is 10.1. The molecule has 1 fully saturated rings. The van der Waals surface area contributed by atoms with Crippen LogP contribution in [0.25, 0.3) is 0 Å². The highest BCUT2D eigenvalue weighted by Crippen LogP contribution is 2.26. The van der Waals surface area contributed by atoms with Crippen molar-refractivity contribution in [1.82, 2.24) is 10.3 Å². The lowest BCUT2D eigenvalue weighted by molar-refractivity contribution is -0.121. The summed E-state index contributed by atoms with van der Waals surface area (Å²) in [6.45, 7) is 5.48. The lowest BCUT2D eigenvalue weighted by Crippen LogP contribution is -2.42. The number of amides is 1. The van der Waals surface area contributed by atoms with E-state index in [0.717, 1.165) is 19.4 Å². The van der Waals surface area contributed by atoms with Crippen LogP contribution in [0.1, 0.15) is 33.1 Å². The Balaban J connectivity index is 2.41. The number of hydrogen-bond donors (Lipinski definition) is 3. The van der Waals surface area contributed by atoms with Crippen molar-refractivity contribution in [2.75, 3.05) is 13.2 Å². The Kier molecular flexibility index (Phi) is 5.18. The number of rotatable bonds is 5. The van der Waals surface area contributed by atoms with E-state index >= 15 is 0 Å². The van der Waals surface area contributed by atoms with Crippen LogP contribution < -0.4 is 11.3 Å². The monoisotopic (exact) mass is 229 g/mol. The highest BCUT2D eigenvalue weighted by atomic mass is 16.3. The summed E-state index contributed by atoms with van der Waals surface area (Å²) < 4.78 is 0. The molecule has 1 rings (SSSR count). The summed E-state index contributed by atoms with van der Waals surface area (Å²) in [6, 6.07) is 0.565. The van der Waals surface area contributed by atoms with Crippen molar-refractivity contribution in [3.8, 4) is 0 Å². The van der Waals surface area contributed by atoms with Crippen molar-refractivity contribution in [3.63, 3.8) is 0 Å². The number of nitrogens with zero attached hydrogens (tertiary/aromatic N) is 1.